The summed E-state index contributed by atoms with van der Waals surface area (Å²) in [6, 6.07) is 19.4. The highest BCUT2D eigenvalue weighted by atomic mass is 35.5. The number of aliphatic imine (C=N–C) groups is 1. The Morgan fingerprint density at radius 2 is 1.54 bits per heavy atom. The quantitative estimate of drug-likeness (QED) is 0.424. The third-order valence-electron chi connectivity index (χ3n) is 3.77. The van der Waals surface area contributed by atoms with Gasteiger partial charge < -0.3 is 5.32 Å². The second-order valence-electron chi connectivity index (χ2n) is 5.81. The number of hydrogen-bond donors (Lipinski definition) is 1. The summed E-state index contributed by atoms with van der Waals surface area (Å²) in [4.78, 5) is 16.7. The van der Waals surface area contributed by atoms with Crippen LogP contribution in [0.5, 0.6) is 0 Å². The lowest BCUT2D eigenvalue weighted by Crippen LogP contribution is -2.12. The van der Waals surface area contributed by atoms with E-state index in [1.54, 1.807) is 30.5 Å². The lowest BCUT2D eigenvalue weighted by atomic mass is 10.2. The molecule has 3 aromatic rings. The van der Waals surface area contributed by atoms with E-state index in [1.807, 2.05) is 48.6 Å². The van der Waals surface area contributed by atoms with Gasteiger partial charge in [-0.25, -0.2) is 0 Å². The van der Waals surface area contributed by atoms with E-state index >= 15 is 0 Å². The number of anilines is 1. The second-order valence-corrected chi connectivity index (χ2v) is 7.09. The number of allylic oxidation sites excluding steroid dienone is 1. The number of carbonyl (C=O) groups is 1. The molecule has 3 rings (SSSR count). The molecule has 0 radical (unpaired) electrons. The SMILES string of the molecule is O=C(Nc1ccc(N=C/C=C/c2ccc(Cl)cc2)cc1)c1ccc(Cl)cc1Cl. The third-order valence-corrected chi connectivity index (χ3v) is 4.57. The van der Waals surface area contributed by atoms with Gasteiger partial charge in [0.25, 0.3) is 5.91 Å². The van der Waals surface area contributed by atoms with Gasteiger partial charge in [-0.15, -0.1) is 0 Å². The van der Waals surface area contributed by atoms with Gasteiger partial charge in [0.1, 0.15) is 0 Å². The first kappa shape index (κ1) is 20.2. The fraction of sp³-hybridized carbons (Fsp3) is 0. The van der Waals surface area contributed by atoms with Gasteiger partial charge in [0, 0.05) is 21.9 Å². The summed E-state index contributed by atoms with van der Waals surface area (Å²) in [5, 5.41) is 4.29. The number of nitrogens with zero attached hydrogens (tertiary/aromatic N) is 1. The molecule has 0 aliphatic heterocycles. The topological polar surface area (TPSA) is 41.5 Å². The van der Waals surface area contributed by atoms with Crippen LogP contribution in [0.2, 0.25) is 15.1 Å². The van der Waals surface area contributed by atoms with Gasteiger partial charge in [0.15, 0.2) is 0 Å². The van der Waals surface area contributed by atoms with Crippen molar-refractivity contribution >= 4 is 64.4 Å². The Morgan fingerprint density at radius 1 is 0.857 bits per heavy atom. The lowest BCUT2D eigenvalue weighted by molar-refractivity contribution is 0.102. The molecule has 0 spiro atoms. The fourth-order valence-corrected chi connectivity index (χ4v) is 2.98. The molecule has 1 amide bonds. The molecule has 0 bridgehead atoms. The Hall–Kier alpha value is -2.59. The van der Waals surface area contributed by atoms with Crippen molar-refractivity contribution in [1.82, 2.24) is 0 Å². The Labute approximate surface area is 178 Å². The summed E-state index contributed by atoms with van der Waals surface area (Å²) in [6.07, 6.45) is 5.49. The number of amides is 1. The molecule has 0 aliphatic carbocycles. The predicted octanol–water partition coefficient (Wildman–Crippen LogP) is 7.31. The molecule has 3 nitrogen and oxygen atoms in total. The van der Waals surface area contributed by atoms with E-state index in [0.717, 1.165) is 11.3 Å². The van der Waals surface area contributed by atoms with Crippen molar-refractivity contribution in [2.45, 2.75) is 0 Å². The Balaban J connectivity index is 1.60. The highest BCUT2D eigenvalue weighted by molar-refractivity contribution is 6.37. The first-order valence-electron chi connectivity index (χ1n) is 8.34. The van der Waals surface area contributed by atoms with Crippen LogP contribution < -0.4 is 5.32 Å². The van der Waals surface area contributed by atoms with E-state index in [-0.39, 0.29) is 5.91 Å². The normalized spacial score (nSPS) is 11.2. The largest absolute Gasteiger partial charge is 0.322 e. The molecule has 0 saturated carbocycles. The Kier molecular flexibility index (Phi) is 6.88. The van der Waals surface area contributed by atoms with E-state index in [2.05, 4.69) is 10.3 Å². The molecule has 1 N–H and O–H groups in total. The summed E-state index contributed by atoms with van der Waals surface area (Å²) in [6.45, 7) is 0. The maximum absolute atomic E-state index is 12.3. The van der Waals surface area contributed by atoms with Gasteiger partial charge in [-0.3, -0.25) is 9.79 Å². The average Bonchev–Trinajstić information content (AvgIpc) is 2.68. The third kappa shape index (κ3) is 5.70. The van der Waals surface area contributed by atoms with Gasteiger partial charge in [-0.05, 0) is 66.2 Å². The zero-order chi connectivity index (χ0) is 19.9. The maximum atomic E-state index is 12.3. The fourth-order valence-electron chi connectivity index (χ4n) is 2.36. The van der Waals surface area contributed by atoms with Crippen LogP contribution in [0.1, 0.15) is 15.9 Å². The van der Waals surface area contributed by atoms with Gasteiger partial charge in [0.2, 0.25) is 0 Å². The second kappa shape index (κ2) is 9.56. The molecule has 3 aromatic carbocycles. The molecule has 6 heteroatoms. The molecule has 140 valence electrons. The van der Waals surface area contributed by atoms with Crippen molar-refractivity contribution < 1.29 is 4.79 Å². The number of hydrogen-bond acceptors (Lipinski definition) is 2. The van der Waals surface area contributed by atoms with Crippen LogP contribution in [-0.4, -0.2) is 12.1 Å². The summed E-state index contributed by atoms with van der Waals surface area (Å²) in [7, 11) is 0. The Bertz CT molecular complexity index is 1030. The monoisotopic (exact) mass is 428 g/mol. The standard InChI is InChI=1S/C22H15Cl3N2O/c23-16-5-3-15(4-6-16)2-1-13-26-18-8-10-19(11-9-18)27-22(28)20-12-7-17(24)14-21(20)25/h1-14H,(H,27,28)/b2-1+,26-13?. The van der Waals surface area contributed by atoms with Crippen LogP contribution in [0.15, 0.2) is 77.8 Å². The number of nitrogens with one attached hydrogen (secondary N) is 1. The van der Waals surface area contributed by atoms with Gasteiger partial charge >= 0.3 is 0 Å². The van der Waals surface area contributed by atoms with Crippen LogP contribution in [0.25, 0.3) is 6.08 Å². The molecule has 0 saturated heterocycles. The highest BCUT2D eigenvalue weighted by Crippen LogP contribution is 2.23. The van der Waals surface area contributed by atoms with E-state index in [9.17, 15) is 4.79 Å². The Morgan fingerprint density at radius 3 is 2.21 bits per heavy atom. The average molecular weight is 430 g/mol. The molecule has 0 aromatic heterocycles. The van der Waals surface area contributed by atoms with Crippen molar-refractivity contribution in [1.29, 1.82) is 0 Å². The smallest absolute Gasteiger partial charge is 0.257 e. The summed E-state index contributed by atoms with van der Waals surface area (Å²) in [5.41, 5.74) is 2.81. The van der Waals surface area contributed by atoms with E-state index < -0.39 is 0 Å². The van der Waals surface area contributed by atoms with E-state index in [0.29, 0.717) is 26.3 Å². The predicted molar refractivity (Wildman–Crippen MR) is 119 cm³/mol. The molecular weight excluding hydrogens is 415 g/mol. The van der Waals surface area contributed by atoms with Crippen molar-refractivity contribution in [2.24, 2.45) is 4.99 Å². The minimum atomic E-state index is -0.302. The summed E-state index contributed by atoms with van der Waals surface area (Å²) >= 11 is 17.8. The molecule has 0 atom stereocenters. The minimum Gasteiger partial charge on any atom is -0.322 e. The highest BCUT2D eigenvalue weighted by Gasteiger charge is 2.10. The van der Waals surface area contributed by atoms with Crippen molar-refractivity contribution in [2.75, 3.05) is 5.32 Å². The zero-order valence-corrected chi connectivity index (χ0v) is 16.8. The van der Waals surface area contributed by atoms with Crippen molar-refractivity contribution in [3.8, 4) is 0 Å². The first-order valence-corrected chi connectivity index (χ1v) is 9.47. The van der Waals surface area contributed by atoms with Crippen LogP contribution in [0, 0.1) is 0 Å². The lowest BCUT2D eigenvalue weighted by Gasteiger charge is -2.07. The molecule has 0 unspecified atom stereocenters. The summed E-state index contributed by atoms with van der Waals surface area (Å²) < 4.78 is 0. The van der Waals surface area contributed by atoms with Crippen LogP contribution in [-0.2, 0) is 0 Å². The van der Waals surface area contributed by atoms with Gasteiger partial charge in [-0.2, -0.15) is 0 Å². The molecular formula is C22H15Cl3N2O. The molecule has 0 fully saturated rings. The molecule has 0 heterocycles. The van der Waals surface area contributed by atoms with E-state index in [1.165, 1.54) is 6.07 Å². The molecule has 0 aliphatic rings. The van der Waals surface area contributed by atoms with Crippen LogP contribution in [0.4, 0.5) is 11.4 Å². The van der Waals surface area contributed by atoms with Gasteiger partial charge in [0.05, 0.1) is 16.3 Å². The van der Waals surface area contributed by atoms with E-state index in [4.69, 9.17) is 34.8 Å². The number of halogens is 3. The summed E-state index contributed by atoms with van der Waals surface area (Å²) in [5.74, 6) is -0.302. The van der Waals surface area contributed by atoms with Crippen LogP contribution >= 0.6 is 34.8 Å². The van der Waals surface area contributed by atoms with Crippen LogP contribution in [0.3, 0.4) is 0 Å². The van der Waals surface area contributed by atoms with Gasteiger partial charge in [-0.1, -0.05) is 53.0 Å². The first-order chi connectivity index (χ1) is 13.5. The molecule has 28 heavy (non-hydrogen) atoms. The number of benzene rings is 3. The maximum Gasteiger partial charge on any atom is 0.257 e. The number of rotatable bonds is 5. The van der Waals surface area contributed by atoms with Crippen molar-refractivity contribution in [3.05, 3.63) is 99.0 Å². The number of carbonyl (C=O) groups excluding carboxylic acids is 1. The zero-order valence-electron chi connectivity index (χ0n) is 14.6. The van der Waals surface area contributed by atoms with Crippen molar-refractivity contribution in [3.63, 3.8) is 0 Å². The minimum absolute atomic E-state index is 0.302.